The van der Waals surface area contributed by atoms with E-state index < -0.39 is 6.10 Å². The fourth-order valence-corrected chi connectivity index (χ4v) is 2.01. The minimum atomic E-state index is -0.558. The van der Waals surface area contributed by atoms with Crippen molar-refractivity contribution in [2.45, 2.75) is 19.4 Å². The Morgan fingerprint density at radius 1 is 1.38 bits per heavy atom. The van der Waals surface area contributed by atoms with Gasteiger partial charge in [0.1, 0.15) is 24.2 Å². The Kier molecular flexibility index (Phi) is 6.11. The first-order valence-electron chi connectivity index (χ1n) is 6.95. The van der Waals surface area contributed by atoms with Crippen molar-refractivity contribution in [3.8, 4) is 5.75 Å². The molecular weight excluding hydrogens is 290 g/mol. The van der Waals surface area contributed by atoms with Crippen LogP contribution in [0.3, 0.4) is 0 Å². The highest BCUT2D eigenvalue weighted by Crippen LogP contribution is 2.21. The fraction of sp³-hybridized carbons (Fsp3) is 0.375. The molecule has 4 nitrogen and oxygen atoms in total. The Labute approximate surface area is 129 Å². The maximum Gasteiger partial charge on any atom is 0.119 e. The summed E-state index contributed by atoms with van der Waals surface area (Å²) in [6.45, 7) is 3.40. The molecule has 0 saturated heterocycles. The molecule has 1 aromatic heterocycles. The molecule has 21 heavy (non-hydrogen) atoms. The molecule has 114 valence electrons. The monoisotopic (exact) mass is 309 g/mol. The normalized spacial score (nSPS) is 12.3. The first-order valence-corrected chi connectivity index (χ1v) is 7.33. The van der Waals surface area contributed by atoms with Crippen molar-refractivity contribution in [3.63, 3.8) is 0 Å². The van der Waals surface area contributed by atoms with Gasteiger partial charge in [0, 0.05) is 24.5 Å². The predicted octanol–water partition coefficient (Wildman–Crippen LogP) is 2.81. The van der Waals surface area contributed by atoms with Crippen LogP contribution in [0.5, 0.6) is 5.75 Å². The van der Waals surface area contributed by atoms with E-state index >= 15 is 0 Å². The molecule has 0 amide bonds. The Morgan fingerprint density at radius 2 is 2.24 bits per heavy atom. The van der Waals surface area contributed by atoms with Crippen molar-refractivity contribution in [2.75, 3.05) is 19.7 Å². The van der Waals surface area contributed by atoms with E-state index in [0.717, 1.165) is 24.3 Å². The van der Waals surface area contributed by atoms with Gasteiger partial charge in [-0.1, -0.05) is 11.6 Å². The minimum Gasteiger partial charge on any atom is -0.491 e. The number of aliphatic hydroxyl groups excluding tert-OH is 1. The topological polar surface area (TPSA) is 54.6 Å². The molecule has 2 aromatic rings. The Hall–Kier alpha value is -1.49. The Bertz CT molecular complexity index is 542. The van der Waals surface area contributed by atoms with Gasteiger partial charge < -0.3 is 19.6 Å². The third-order valence-corrected chi connectivity index (χ3v) is 3.50. The fourth-order valence-electron chi connectivity index (χ4n) is 1.89. The quantitative estimate of drug-likeness (QED) is 0.736. The van der Waals surface area contributed by atoms with Gasteiger partial charge in [-0.25, -0.2) is 0 Å². The van der Waals surface area contributed by atoms with Crippen molar-refractivity contribution >= 4 is 11.6 Å². The number of ether oxygens (including phenoxy) is 1. The minimum absolute atomic E-state index is 0.245. The zero-order valence-electron chi connectivity index (χ0n) is 12.0. The van der Waals surface area contributed by atoms with E-state index in [-0.39, 0.29) is 6.61 Å². The maximum atomic E-state index is 9.85. The third-order valence-electron chi connectivity index (χ3n) is 3.08. The van der Waals surface area contributed by atoms with Gasteiger partial charge in [-0.2, -0.15) is 0 Å². The van der Waals surface area contributed by atoms with Crippen LogP contribution in [0, 0.1) is 6.92 Å². The summed E-state index contributed by atoms with van der Waals surface area (Å²) in [5.41, 5.74) is 0.959. The first kappa shape index (κ1) is 15.9. The van der Waals surface area contributed by atoms with Crippen molar-refractivity contribution in [1.29, 1.82) is 0 Å². The van der Waals surface area contributed by atoms with Gasteiger partial charge >= 0.3 is 0 Å². The molecule has 5 heteroatoms. The molecule has 1 unspecified atom stereocenters. The average Bonchev–Trinajstić information content (AvgIpc) is 2.98. The van der Waals surface area contributed by atoms with Gasteiger partial charge in [0.05, 0.1) is 6.26 Å². The SMILES string of the molecule is Cc1cc(OCC(O)CNCCc2ccco2)ccc1Cl. The average molecular weight is 310 g/mol. The van der Waals surface area contributed by atoms with Gasteiger partial charge in [-0.15, -0.1) is 0 Å². The van der Waals surface area contributed by atoms with Crippen LogP contribution in [0.1, 0.15) is 11.3 Å². The molecule has 0 bridgehead atoms. The number of aryl methyl sites for hydroxylation is 1. The van der Waals surface area contributed by atoms with Crippen LogP contribution < -0.4 is 10.1 Å². The molecule has 0 spiro atoms. The largest absolute Gasteiger partial charge is 0.491 e. The van der Waals surface area contributed by atoms with Crippen molar-refractivity contribution in [2.24, 2.45) is 0 Å². The number of benzene rings is 1. The van der Waals surface area contributed by atoms with Gasteiger partial charge in [0.2, 0.25) is 0 Å². The molecule has 1 aromatic carbocycles. The van der Waals surface area contributed by atoms with Crippen LogP contribution in [0.15, 0.2) is 41.0 Å². The zero-order valence-corrected chi connectivity index (χ0v) is 12.8. The summed E-state index contributed by atoms with van der Waals surface area (Å²) in [7, 11) is 0. The summed E-state index contributed by atoms with van der Waals surface area (Å²) in [6, 6.07) is 9.25. The first-order chi connectivity index (χ1) is 10.1. The van der Waals surface area contributed by atoms with Crippen LogP contribution in [0.2, 0.25) is 5.02 Å². The van der Waals surface area contributed by atoms with Gasteiger partial charge in [-0.05, 0) is 42.8 Å². The van der Waals surface area contributed by atoms with Crippen LogP contribution in [0.25, 0.3) is 0 Å². The molecule has 1 heterocycles. The highest BCUT2D eigenvalue weighted by Gasteiger charge is 2.06. The Balaban J connectivity index is 1.62. The molecule has 1 atom stereocenters. The highest BCUT2D eigenvalue weighted by molar-refractivity contribution is 6.31. The number of aliphatic hydroxyl groups is 1. The summed E-state index contributed by atoms with van der Waals surface area (Å²) < 4.78 is 10.8. The lowest BCUT2D eigenvalue weighted by Crippen LogP contribution is -2.32. The van der Waals surface area contributed by atoms with Crippen LogP contribution in [-0.2, 0) is 6.42 Å². The van der Waals surface area contributed by atoms with E-state index in [1.165, 1.54) is 0 Å². The number of hydrogen-bond acceptors (Lipinski definition) is 4. The smallest absolute Gasteiger partial charge is 0.119 e. The number of hydrogen-bond donors (Lipinski definition) is 2. The summed E-state index contributed by atoms with van der Waals surface area (Å²) in [6.07, 6.45) is 1.90. The van der Waals surface area contributed by atoms with Gasteiger partial charge in [0.15, 0.2) is 0 Å². The lowest BCUT2D eigenvalue weighted by atomic mass is 10.2. The molecule has 2 N–H and O–H groups in total. The number of furan rings is 1. The van der Waals surface area contributed by atoms with Crippen molar-refractivity contribution in [3.05, 3.63) is 52.9 Å². The van der Waals surface area contributed by atoms with Gasteiger partial charge in [-0.3, -0.25) is 0 Å². The molecule has 0 aliphatic carbocycles. The summed E-state index contributed by atoms with van der Waals surface area (Å²) in [5.74, 6) is 1.65. The summed E-state index contributed by atoms with van der Waals surface area (Å²) >= 11 is 5.95. The predicted molar refractivity (Wildman–Crippen MR) is 83.0 cm³/mol. The van der Waals surface area contributed by atoms with Crippen LogP contribution in [0.4, 0.5) is 0 Å². The summed E-state index contributed by atoms with van der Waals surface area (Å²) in [4.78, 5) is 0. The molecule has 0 saturated carbocycles. The second-order valence-electron chi connectivity index (χ2n) is 4.91. The Morgan fingerprint density at radius 3 is 2.95 bits per heavy atom. The molecular formula is C16H20ClNO3. The molecule has 0 aliphatic heterocycles. The lowest BCUT2D eigenvalue weighted by molar-refractivity contribution is 0.106. The zero-order chi connectivity index (χ0) is 15.1. The van der Waals surface area contributed by atoms with E-state index in [9.17, 15) is 5.11 Å². The number of halogens is 1. The number of rotatable bonds is 8. The highest BCUT2D eigenvalue weighted by atomic mass is 35.5. The molecule has 0 aliphatic rings. The number of nitrogens with one attached hydrogen (secondary N) is 1. The van der Waals surface area contributed by atoms with E-state index in [2.05, 4.69) is 5.32 Å². The maximum absolute atomic E-state index is 9.85. The van der Waals surface area contributed by atoms with Gasteiger partial charge in [0.25, 0.3) is 0 Å². The van der Waals surface area contributed by atoms with Crippen molar-refractivity contribution in [1.82, 2.24) is 5.32 Å². The second-order valence-corrected chi connectivity index (χ2v) is 5.32. The lowest BCUT2D eigenvalue weighted by Gasteiger charge is -2.13. The van der Waals surface area contributed by atoms with Crippen molar-refractivity contribution < 1.29 is 14.3 Å². The van der Waals surface area contributed by atoms with E-state index in [1.54, 1.807) is 18.4 Å². The molecule has 0 radical (unpaired) electrons. The van der Waals surface area contributed by atoms with E-state index in [1.807, 2.05) is 25.1 Å². The van der Waals surface area contributed by atoms with Crippen LogP contribution in [-0.4, -0.2) is 30.9 Å². The second kappa shape index (κ2) is 8.08. The molecule has 0 fully saturated rings. The van der Waals surface area contributed by atoms with E-state index in [0.29, 0.717) is 17.3 Å². The van der Waals surface area contributed by atoms with E-state index in [4.69, 9.17) is 20.8 Å². The summed E-state index contributed by atoms with van der Waals surface area (Å²) in [5, 5.41) is 13.7. The molecule has 2 rings (SSSR count). The third kappa shape index (κ3) is 5.42. The standard InChI is InChI=1S/C16H20ClNO3/c1-12-9-15(4-5-16(12)17)21-11-13(19)10-18-7-6-14-3-2-8-20-14/h2-5,8-9,13,18-19H,6-7,10-11H2,1H3. The van der Waals surface area contributed by atoms with Crippen LogP contribution >= 0.6 is 11.6 Å².